The van der Waals surface area contributed by atoms with Gasteiger partial charge in [-0.2, -0.15) is 0 Å². The number of rotatable bonds is 5. The molecule has 4 nitrogen and oxygen atoms in total. The minimum atomic E-state index is 0.441. The van der Waals surface area contributed by atoms with Gasteiger partial charge < -0.3 is 14.8 Å². The lowest BCUT2D eigenvalue weighted by Crippen LogP contribution is -2.46. The van der Waals surface area contributed by atoms with Crippen LogP contribution < -0.4 is 5.32 Å². The highest BCUT2D eigenvalue weighted by Gasteiger charge is 2.16. The molecule has 0 aliphatic carbocycles. The fraction of sp³-hybridized carbons (Fsp3) is 1.00. The molecule has 2 aliphatic rings. The van der Waals surface area contributed by atoms with Crippen molar-refractivity contribution in [2.24, 2.45) is 0 Å². The standard InChI is InChI=1S/C13H26N2O2/c1-12(11-15-5-8-16-9-6-15)14-10-13-4-2-3-7-17-13/h12-14H,2-11H2,1H3. The Morgan fingerprint density at radius 2 is 2.06 bits per heavy atom. The van der Waals surface area contributed by atoms with Crippen LogP contribution in [0.1, 0.15) is 26.2 Å². The average molecular weight is 242 g/mol. The summed E-state index contributed by atoms with van der Waals surface area (Å²) in [7, 11) is 0. The van der Waals surface area contributed by atoms with E-state index in [2.05, 4.69) is 17.1 Å². The number of hydrogen-bond acceptors (Lipinski definition) is 4. The van der Waals surface area contributed by atoms with E-state index in [4.69, 9.17) is 9.47 Å². The molecule has 17 heavy (non-hydrogen) atoms. The van der Waals surface area contributed by atoms with Crippen molar-refractivity contribution in [3.63, 3.8) is 0 Å². The summed E-state index contributed by atoms with van der Waals surface area (Å²) in [6, 6.07) is 0.540. The largest absolute Gasteiger partial charge is 0.379 e. The predicted molar refractivity (Wildman–Crippen MR) is 68.3 cm³/mol. The Morgan fingerprint density at radius 3 is 2.76 bits per heavy atom. The van der Waals surface area contributed by atoms with Gasteiger partial charge in [0.2, 0.25) is 0 Å². The maximum Gasteiger partial charge on any atom is 0.0699 e. The first-order valence-electron chi connectivity index (χ1n) is 6.99. The highest BCUT2D eigenvalue weighted by molar-refractivity contribution is 4.73. The van der Waals surface area contributed by atoms with Crippen LogP contribution in [0.4, 0.5) is 0 Å². The van der Waals surface area contributed by atoms with Gasteiger partial charge in [0.15, 0.2) is 0 Å². The van der Waals surface area contributed by atoms with E-state index in [1.807, 2.05) is 0 Å². The summed E-state index contributed by atoms with van der Waals surface area (Å²) in [6.07, 6.45) is 4.22. The third-order valence-electron chi connectivity index (χ3n) is 3.60. The quantitative estimate of drug-likeness (QED) is 0.775. The van der Waals surface area contributed by atoms with E-state index < -0.39 is 0 Å². The van der Waals surface area contributed by atoms with Crippen molar-refractivity contribution in [2.45, 2.75) is 38.3 Å². The van der Waals surface area contributed by atoms with Gasteiger partial charge in [0.25, 0.3) is 0 Å². The van der Waals surface area contributed by atoms with Crippen LogP contribution in [0.25, 0.3) is 0 Å². The molecule has 2 fully saturated rings. The molecule has 0 aromatic heterocycles. The second-order valence-electron chi connectivity index (χ2n) is 5.21. The molecule has 0 aromatic rings. The Bertz CT molecular complexity index is 202. The third-order valence-corrected chi connectivity index (χ3v) is 3.60. The van der Waals surface area contributed by atoms with E-state index >= 15 is 0 Å². The van der Waals surface area contributed by atoms with Crippen LogP contribution >= 0.6 is 0 Å². The summed E-state index contributed by atoms with van der Waals surface area (Å²) < 4.78 is 11.1. The summed E-state index contributed by atoms with van der Waals surface area (Å²) in [5.41, 5.74) is 0. The molecule has 0 radical (unpaired) electrons. The fourth-order valence-corrected chi connectivity index (χ4v) is 2.54. The van der Waals surface area contributed by atoms with Crippen molar-refractivity contribution in [2.75, 3.05) is 46.0 Å². The van der Waals surface area contributed by atoms with Gasteiger partial charge in [-0.15, -0.1) is 0 Å². The van der Waals surface area contributed by atoms with Crippen molar-refractivity contribution in [3.05, 3.63) is 0 Å². The number of nitrogens with one attached hydrogen (secondary N) is 1. The van der Waals surface area contributed by atoms with Gasteiger partial charge in [0.05, 0.1) is 19.3 Å². The van der Waals surface area contributed by atoms with E-state index in [0.29, 0.717) is 12.1 Å². The van der Waals surface area contributed by atoms with Gasteiger partial charge in [-0.1, -0.05) is 0 Å². The Morgan fingerprint density at radius 1 is 1.24 bits per heavy atom. The van der Waals surface area contributed by atoms with Crippen LogP contribution in [0.5, 0.6) is 0 Å². The van der Waals surface area contributed by atoms with Gasteiger partial charge in [-0.25, -0.2) is 0 Å². The van der Waals surface area contributed by atoms with Gasteiger partial charge in [0, 0.05) is 38.8 Å². The molecule has 2 unspecified atom stereocenters. The fourth-order valence-electron chi connectivity index (χ4n) is 2.54. The molecule has 1 N–H and O–H groups in total. The van der Waals surface area contributed by atoms with E-state index in [1.165, 1.54) is 19.3 Å². The Balaban J connectivity index is 1.57. The summed E-state index contributed by atoms with van der Waals surface area (Å²) in [5, 5.41) is 3.59. The smallest absolute Gasteiger partial charge is 0.0699 e. The number of nitrogens with zero attached hydrogens (tertiary/aromatic N) is 1. The average Bonchev–Trinajstić information content (AvgIpc) is 2.39. The van der Waals surface area contributed by atoms with E-state index in [0.717, 1.165) is 46.0 Å². The molecule has 4 heteroatoms. The molecule has 2 atom stereocenters. The van der Waals surface area contributed by atoms with Crippen LogP contribution in [0, 0.1) is 0 Å². The van der Waals surface area contributed by atoms with Crippen LogP contribution in [0.3, 0.4) is 0 Å². The summed E-state index contributed by atoms with van der Waals surface area (Å²) >= 11 is 0. The van der Waals surface area contributed by atoms with Crippen molar-refractivity contribution in [1.29, 1.82) is 0 Å². The first-order chi connectivity index (χ1) is 8.34. The molecule has 2 rings (SSSR count). The van der Waals surface area contributed by atoms with Crippen LogP contribution in [-0.2, 0) is 9.47 Å². The molecule has 0 aromatic carbocycles. The summed E-state index contributed by atoms with van der Waals surface area (Å²) in [6.45, 7) is 9.26. The summed E-state index contributed by atoms with van der Waals surface area (Å²) in [5.74, 6) is 0. The number of morpholine rings is 1. The van der Waals surface area contributed by atoms with Crippen LogP contribution in [-0.4, -0.2) is 63.0 Å². The molecule has 100 valence electrons. The van der Waals surface area contributed by atoms with Crippen molar-refractivity contribution >= 4 is 0 Å². The van der Waals surface area contributed by atoms with Crippen molar-refractivity contribution in [1.82, 2.24) is 10.2 Å². The van der Waals surface area contributed by atoms with Gasteiger partial charge >= 0.3 is 0 Å². The molecule has 0 saturated carbocycles. The molecule has 0 spiro atoms. The lowest BCUT2D eigenvalue weighted by molar-refractivity contribution is 0.0119. The monoisotopic (exact) mass is 242 g/mol. The van der Waals surface area contributed by atoms with E-state index in [9.17, 15) is 0 Å². The second-order valence-corrected chi connectivity index (χ2v) is 5.21. The molecular weight excluding hydrogens is 216 g/mol. The SMILES string of the molecule is CC(CN1CCOCC1)NCC1CCCCO1. The van der Waals surface area contributed by atoms with Crippen LogP contribution in [0.15, 0.2) is 0 Å². The Hall–Kier alpha value is -0.160. The molecule has 2 aliphatic heterocycles. The maximum absolute atomic E-state index is 5.72. The lowest BCUT2D eigenvalue weighted by atomic mass is 10.1. The van der Waals surface area contributed by atoms with Crippen molar-refractivity contribution in [3.8, 4) is 0 Å². The molecule has 0 bridgehead atoms. The molecular formula is C13H26N2O2. The Labute approximate surface area is 105 Å². The molecule has 0 amide bonds. The first-order valence-corrected chi connectivity index (χ1v) is 6.99. The predicted octanol–water partition coefficient (Wildman–Crippen LogP) is 0.866. The summed E-state index contributed by atoms with van der Waals surface area (Å²) in [4.78, 5) is 2.48. The molecule has 2 saturated heterocycles. The minimum Gasteiger partial charge on any atom is -0.379 e. The normalized spacial score (nSPS) is 29.1. The first kappa shape index (κ1) is 13.3. The van der Waals surface area contributed by atoms with Gasteiger partial charge in [0.1, 0.15) is 0 Å². The number of hydrogen-bond donors (Lipinski definition) is 1. The van der Waals surface area contributed by atoms with Gasteiger partial charge in [-0.3, -0.25) is 4.90 Å². The number of ether oxygens (including phenoxy) is 2. The molecule has 2 heterocycles. The van der Waals surface area contributed by atoms with Crippen molar-refractivity contribution < 1.29 is 9.47 Å². The third kappa shape index (κ3) is 4.92. The topological polar surface area (TPSA) is 33.7 Å². The zero-order valence-electron chi connectivity index (χ0n) is 11.0. The van der Waals surface area contributed by atoms with E-state index in [-0.39, 0.29) is 0 Å². The lowest BCUT2D eigenvalue weighted by Gasteiger charge is -2.30. The maximum atomic E-state index is 5.72. The zero-order valence-corrected chi connectivity index (χ0v) is 11.0. The Kier molecular flexibility index (Phi) is 5.71. The minimum absolute atomic E-state index is 0.441. The van der Waals surface area contributed by atoms with E-state index in [1.54, 1.807) is 0 Å². The highest BCUT2D eigenvalue weighted by atomic mass is 16.5. The van der Waals surface area contributed by atoms with Gasteiger partial charge in [-0.05, 0) is 26.2 Å². The zero-order chi connectivity index (χ0) is 11.9. The second kappa shape index (κ2) is 7.31. The highest BCUT2D eigenvalue weighted by Crippen LogP contribution is 2.11. The van der Waals surface area contributed by atoms with Crippen LogP contribution in [0.2, 0.25) is 0 Å².